The van der Waals surface area contributed by atoms with Gasteiger partial charge < -0.3 is 4.57 Å². The third-order valence-corrected chi connectivity index (χ3v) is 5.49. The van der Waals surface area contributed by atoms with Crippen molar-refractivity contribution in [1.82, 2.24) is 14.8 Å². The smallest absolute Gasteiger partial charge is 0.191 e. The molecule has 0 radical (unpaired) electrons. The van der Waals surface area contributed by atoms with Crippen molar-refractivity contribution in [2.45, 2.75) is 22.2 Å². The normalized spacial score (nSPS) is 10.9. The van der Waals surface area contributed by atoms with Crippen molar-refractivity contribution in [2.24, 2.45) is 7.05 Å². The topological polar surface area (TPSA) is 30.7 Å². The van der Waals surface area contributed by atoms with Gasteiger partial charge in [-0.3, -0.25) is 0 Å². The molecule has 0 spiro atoms. The van der Waals surface area contributed by atoms with Crippen molar-refractivity contribution in [3.63, 3.8) is 0 Å². The molecular formula is C18H19N3S2. The monoisotopic (exact) mass is 341 g/mol. The summed E-state index contributed by atoms with van der Waals surface area (Å²) in [7, 11) is 2.04. The van der Waals surface area contributed by atoms with Gasteiger partial charge >= 0.3 is 0 Å². The second kappa shape index (κ2) is 7.70. The quantitative estimate of drug-likeness (QED) is 0.621. The minimum atomic E-state index is 0.813. The zero-order chi connectivity index (χ0) is 16.1. The van der Waals surface area contributed by atoms with Crippen molar-refractivity contribution in [2.75, 3.05) is 6.26 Å². The Hall–Kier alpha value is -1.72. The predicted octanol–water partition coefficient (Wildman–Crippen LogP) is 4.42. The van der Waals surface area contributed by atoms with Crippen LogP contribution in [-0.2, 0) is 19.2 Å². The van der Waals surface area contributed by atoms with Crippen LogP contribution in [0.1, 0.15) is 17.0 Å². The van der Waals surface area contributed by atoms with Crippen molar-refractivity contribution >= 4 is 23.5 Å². The molecule has 3 nitrogen and oxygen atoms in total. The van der Waals surface area contributed by atoms with Crippen LogP contribution >= 0.6 is 23.5 Å². The summed E-state index contributed by atoms with van der Waals surface area (Å²) in [5.41, 5.74) is 2.56. The van der Waals surface area contributed by atoms with Crippen LogP contribution in [0, 0.1) is 0 Å². The SMILES string of the molecule is CSc1ccc(CSc2nnc(Cc3ccccc3)n2C)cc1. The van der Waals surface area contributed by atoms with E-state index in [0.29, 0.717) is 0 Å². The maximum Gasteiger partial charge on any atom is 0.191 e. The van der Waals surface area contributed by atoms with Gasteiger partial charge in [0.25, 0.3) is 0 Å². The fourth-order valence-electron chi connectivity index (χ4n) is 2.27. The first-order chi connectivity index (χ1) is 11.3. The summed E-state index contributed by atoms with van der Waals surface area (Å²) in [5.74, 6) is 1.91. The molecule has 0 unspecified atom stereocenters. The predicted molar refractivity (Wildman–Crippen MR) is 98.0 cm³/mol. The molecule has 2 aromatic carbocycles. The van der Waals surface area contributed by atoms with Gasteiger partial charge in [0.2, 0.25) is 0 Å². The number of nitrogens with zero attached hydrogens (tertiary/aromatic N) is 3. The van der Waals surface area contributed by atoms with Crippen LogP contribution in [0.3, 0.4) is 0 Å². The molecule has 0 aliphatic carbocycles. The van der Waals surface area contributed by atoms with E-state index in [4.69, 9.17) is 0 Å². The summed E-state index contributed by atoms with van der Waals surface area (Å²) < 4.78 is 2.09. The lowest BCUT2D eigenvalue weighted by atomic mass is 10.1. The second-order valence-electron chi connectivity index (χ2n) is 5.26. The van der Waals surface area contributed by atoms with Gasteiger partial charge in [-0.2, -0.15) is 0 Å². The molecule has 0 atom stereocenters. The zero-order valence-electron chi connectivity index (χ0n) is 13.3. The molecule has 0 N–H and O–H groups in total. The molecule has 0 aliphatic heterocycles. The van der Waals surface area contributed by atoms with Crippen LogP contribution in [0.2, 0.25) is 0 Å². The van der Waals surface area contributed by atoms with Gasteiger partial charge in [-0.05, 0) is 29.5 Å². The van der Waals surface area contributed by atoms with E-state index < -0.39 is 0 Å². The summed E-state index contributed by atoms with van der Waals surface area (Å²) in [4.78, 5) is 1.29. The standard InChI is InChI=1S/C18H19N3S2/c1-21-17(12-14-6-4-3-5-7-14)19-20-18(21)23-13-15-8-10-16(22-2)11-9-15/h3-11H,12-13H2,1-2H3. The molecular weight excluding hydrogens is 322 g/mol. The van der Waals surface area contributed by atoms with Gasteiger partial charge in [0.05, 0.1) is 0 Å². The highest BCUT2D eigenvalue weighted by molar-refractivity contribution is 7.98. The Morgan fingerprint density at radius 1 is 0.913 bits per heavy atom. The Balaban J connectivity index is 1.64. The highest BCUT2D eigenvalue weighted by Crippen LogP contribution is 2.23. The average molecular weight is 342 g/mol. The number of aromatic nitrogens is 3. The third-order valence-electron chi connectivity index (χ3n) is 3.66. The van der Waals surface area contributed by atoms with Crippen LogP contribution in [-0.4, -0.2) is 21.0 Å². The molecule has 5 heteroatoms. The number of thioether (sulfide) groups is 2. The van der Waals surface area contributed by atoms with Crippen LogP contribution in [0.25, 0.3) is 0 Å². The number of rotatable bonds is 6. The van der Waals surface area contributed by atoms with Gasteiger partial charge in [-0.1, -0.05) is 54.2 Å². The molecule has 3 aromatic rings. The first-order valence-electron chi connectivity index (χ1n) is 7.44. The lowest BCUT2D eigenvalue weighted by Gasteiger charge is -2.05. The van der Waals surface area contributed by atoms with E-state index in [9.17, 15) is 0 Å². The largest absolute Gasteiger partial charge is 0.309 e. The van der Waals surface area contributed by atoms with Gasteiger partial charge in [0.1, 0.15) is 5.82 Å². The Kier molecular flexibility index (Phi) is 5.41. The van der Waals surface area contributed by atoms with Gasteiger partial charge in [0, 0.05) is 24.1 Å². The third kappa shape index (κ3) is 4.18. The van der Waals surface area contributed by atoms with Gasteiger partial charge in [-0.25, -0.2) is 0 Å². The lowest BCUT2D eigenvalue weighted by Crippen LogP contribution is -2.00. The second-order valence-corrected chi connectivity index (χ2v) is 7.08. The molecule has 23 heavy (non-hydrogen) atoms. The molecule has 0 amide bonds. The maximum absolute atomic E-state index is 4.34. The van der Waals surface area contributed by atoms with E-state index in [2.05, 4.69) is 69.6 Å². The molecule has 0 aliphatic rings. The summed E-state index contributed by atoms with van der Waals surface area (Å²) in [6.07, 6.45) is 2.91. The van der Waals surface area contributed by atoms with Crippen LogP contribution in [0.4, 0.5) is 0 Å². The summed E-state index contributed by atoms with van der Waals surface area (Å²) >= 11 is 3.49. The fourth-order valence-corrected chi connectivity index (χ4v) is 3.57. The Morgan fingerprint density at radius 2 is 1.65 bits per heavy atom. The minimum absolute atomic E-state index is 0.813. The number of hydrogen-bond acceptors (Lipinski definition) is 4. The Bertz CT molecular complexity index is 752. The molecule has 0 bridgehead atoms. The highest BCUT2D eigenvalue weighted by Gasteiger charge is 2.10. The van der Waals surface area contributed by atoms with Crippen LogP contribution < -0.4 is 0 Å². The molecule has 0 saturated carbocycles. The summed E-state index contributed by atoms with van der Waals surface area (Å²) in [6, 6.07) is 19.1. The van der Waals surface area contributed by atoms with Gasteiger partial charge in [-0.15, -0.1) is 22.0 Å². The first-order valence-corrected chi connectivity index (χ1v) is 9.65. The number of benzene rings is 2. The molecule has 3 rings (SSSR count). The van der Waals surface area contributed by atoms with E-state index >= 15 is 0 Å². The van der Waals surface area contributed by atoms with E-state index in [1.807, 2.05) is 13.1 Å². The van der Waals surface area contributed by atoms with Crippen molar-refractivity contribution in [3.8, 4) is 0 Å². The van der Waals surface area contributed by atoms with Crippen molar-refractivity contribution in [1.29, 1.82) is 0 Å². The number of hydrogen-bond donors (Lipinski definition) is 0. The Morgan fingerprint density at radius 3 is 2.35 bits per heavy atom. The van der Waals surface area contributed by atoms with E-state index in [1.54, 1.807) is 23.5 Å². The molecule has 0 fully saturated rings. The van der Waals surface area contributed by atoms with E-state index in [1.165, 1.54) is 16.0 Å². The van der Waals surface area contributed by atoms with Crippen LogP contribution in [0.15, 0.2) is 64.6 Å². The highest BCUT2D eigenvalue weighted by atomic mass is 32.2. The Labute approximate surface area is 145 Å². The average Bonchev–Trinajstić information content (AvgIpc) is 2.94. The summed E-state index contributed by atoms with van der Waals surface area (Å²) in [5, 5.41) is 9.63. The first kappa shape index (κ1) is 16.1. The molecule has 1 aromatic heterocycles. The van der Waals surface area contributed by atoms with E-state index in [0.717, 1.165) is 23.2 Å². The van der Waals surface area contributed by atoms with Crippen molar-refractivity contribution < 1.29 is 0 Å². The summed E-state index contributed by atoms with van der Waals surface area (Å²) in [6.45, 7) is 0. The zero-order valence-corrected chi connectivity index (χ0v) is 14.9. The maximum atomic E-state index is 4.34. The molecule has 118 valence electrons. The lowest BCUT2D eigenvalue weighted by molar-refractivity contribution is 0.749. The molecule has 0 saturated heterocycles. The van der Waals surface area contributed by atoms with E-state index in [-0.39, 0.29) is 0 Å². The van der Waals surface area contributed by atoms with Crippen LogP contribution in [0.5, 0.6) is 0 Å². The fraction of sp³-hybridized carbons (Fsp3) is 0.222. The van der Waals surface area contributed by atoms with Gasteiger partial charge in [0.15, 0.2) is 5.16 Å². The minimum Gasteiger partial charge on any atom is -0.309 e. The molecule has 1 heterocycles. The van der Waals surface area contributed by atoms with Crippen molar-refractivity contribution in [3.05, 3.63) is 71.5 Å².